The quantitative estimate of drug-likeness (QED) is 0.678. The van der Waals surface area contributed by atoms with Crippen molar-refractivity contribution >= 4 is 11.9 Å². The van der Waals surface area contributed by atoms with Gasteiger partial charge < -0.3 is 20.1 Å². The molecule has 0 aliphatic rings. The van der Waals surface area contributed by atoms with Crippen LogP contribution >= 0.6 is 0 Å². The van der Waals surface area contributed by atoms with Crippen molar-refractivity contribution in [2.24, 2.45) is 0 Å². The Kier molecular flexibility index (Phi) is 7.16. The highest BCUT2D eigenvalue weighted by atomic mass is 16.5. The number of carbonyl (C=O) groups is 1. The maximum Gasteiger partial charge on any atom is 0.270 e. The zero-order chi connectivity index (χ0) is 18.1. The van der Waals surface area contributed by atoms with Crippen LogP contribution in [0.25, 0.3) is 0 Å². The number of benzene rings is 1. The number of rotatable bonds is 9. The Balaban J connectivity index is 1.99. The van der Waals surface area contributed by atoms with Gasteiger partial charge in [-0.25, -0.2) is 9.97 Å². The van der Waals surface area contributed by atoms with E-state index >= 15 is 0 Å². The second-order valence-electron chi connectivity index (χ2n) is 5.49. The fraction of sp³-hybridized carbons (Fsp3) is 0.389. The van der Waals surface area contributed by atoms with Gasteiger partial charge in [-0.1, -0.05) is 18.2 Å². The van der Waals surface area contributed by atoms with Gasteiger partial charge in [0, 0.05) is 38.1 Å². The van der Waals surface area contributed by atoms with Crippen molar-refractivity contribution in [3.8, 4) is 5.75 Å². The maximum atomic E-state index is 12.4. The fourth-order valence-electron chi connectivity index (χ4n) is 2.30. The summed E-state index contributed by atoms with van der Waals surface area (Å²) in [6.07, 6.45) is 0.836. The monoisotopic (exact) mass is 344 g/mol. The summed E-state index contributed by atoms with van der Waals surface area (Å²) < 4.78 is 10.3. The largest absolute Gasteiger partial charge is 0.496 e. The molecular weight excluding hydrogens is 320 g/mol. The number of aromatic nitrogens is 2. The molecule has 7 heteroatoms. The molecule has 0 fully saturated rings. The summed E-state index contributed by atoms with van der Waals surface area (Å²) in [6, 6.07) is 9.23. The molecule has 0 aliphatic heterocycles. The summed E-state index contributed by atoms with van der Waals surface area (Å²) >= 11 is 0. The zero-order valence-electron chi connectivity index (χ0n) is 14.8. The maximum absolute atomic E-state index is 12.4. The van der Waals surface area contributed by atoms with Gasteiger partial charge in [-0.15, -0.1) is 0 Å². The first-order chi connectivity index (χ1) is 12.1. The van der Waals surface area contributed by atoms with Gasteiger partial charge in [0.1, 0.15) is 11.4 Å². The van der Waals surface area contributed by atoms with Crippen LogP contribution in [-0.2, 0) is 11.3 Å². The molecule has 0 atom stereocenters. The number of ether oxygens (including phenoxy) is 2. The van der Waals surface area contributed by atoms with Crippen molar-refractivity contribution in [1.29, 1.82) is 0 Å². The van der Waals surface area contributed by atoms with E-state index in [2.05, 4.69) is 20.6 Å². The number of amides is 1. The molecule has 0 spiro atoms. The van der Waals surface area contributed by atoms with Crippen molar-refractivity contribution < 1.29 is 14.3 Å². The number of nitrogens with zero attached hydrogens (tertiary/aromatic N) is 2. The highest BCUT2D eigenvalue weighted by molar-refractivity contribution is 5.92. The first kappa shape index (κ1) is 18.7. The molecule has 134 valence electrons. The first-order valence-electron chi connectivity index (χ1n) is 8.12. The number of hydrogen-bond acceptors (Lipinski definition) is 6. The predicted molar refractivity (Wildman–Crippen MR) is 95.9 cm³/mol. The van der Waals surface area contributed by atoms with Gasteiger partial charge in [-0.3, -0.25) is 4.79 Å². The lowest BCUT2D eigenvalue weighted by atomic mass is 10.2. The Labute approximate surface area is 147 Å². The van der Waals surface area contributed by atoms with E-state index in [9.17, 15) is 4.79 Å². The molecule has 7 nitrogen and oxygen atoms in total. The van der Waals surface area contributed by atoms with E-state index in [4.69, 9.17) is 9.47 Å². The van der Waals surface area contributed by atoms with Crippen LogP contribution in [-0.4, -0.2) is 43.2 Å². The Morgan fingerprint density at radius 2 is 2.00 bits per heavy atom. The SMILES string of the molecule is COCCCNc1nc(C)cc(C(=O)NCc2ccccc2OC)n1. The van der Waals surface area contributed by atoms with Crippen molar-refractivity contribution in [2.45, 2.75) is 19.9 Å². The average Bonchev–Trinajstić information content (AvgIpc) is 2.63. The third kappa shape index (κ3) is 5.72. The Hall–Kier alpha value is -2.67. The molecule has 1 heterocycles. The predicted octanol–water partition coefficient (Wildman–Crippen LogP) is 2.17. The molecule has 0 saturated heterocycles. The first-order valence-corrected chi connectivity index (χ1v) is 8.12. The molecule has 1 amide bonds. The molecule has 1 aromatic carbocycles. The molecule has 2 rings (SSSR count). The number of aryl methyl sites for hydroxylation is 1. The topological polar surface area (TPSA) is 85.4 Å². The van der Waals surface area contributed by atoms with Crippen LogP contribution in [0.4, 0.5) is 5.95 Å². The molecule has 0 aliphatic carbocycles. The van der Waals surface area contributed by atoms with E-state index < -0.39 is 0 Å². The summed E-state index contributed by atoms with van der Waals surface area (Å²) in [7, 11) is 3.27. The summed E-state index contributed by atoms with van der Waals surface area (Å²) in [5, 5.41) is 5.97. The zero-order valence-corrected chi connectivity index (χ0v) is 14.8. The highest BCUT2D eigenvalue weighted by Gasteiger charge is 2.11. The lowest BCUT2D eigenvalue weighted by Crippen LogP contribution is -2.25. The number of nitrogens with one attached hydrogen (secondary N) is 2. The van der Waals surface area contributed by atoms with Crippen LogP contribution in [0.1, 0.15) is 28.2 Å². The highest BCUT2D eigenvalue weighted by Crippen LogP contribution is 2.17. The van der Waals surface area contributed by atoms with Gasteiger partial charge in [0.25, 0.3) is 5.91 Å². The smallest absolute Gasteiger partial charge is 0.270 e. The average molecular weight is 344 g/mol. The van der Waals surface area contributed by atoms with Crippen LogP contribution in [0, 0.1) is 6.92 Å². The van der Waals surface area contributed by atoms with Crippen molar-refractivity contribution in [3.63, 3.8) is 0 Å². The second kappa shape index (κ2) is 9.58. The Morgan fingerprint density at radius 3 is 2.76 bits per heavy atom. The Bertz CT molecular complexity index is 706. The lowest BCUT2D eigenvalue weighted by molar-refractivity contribution is 0.0945. The van der Waals surface area contributed by atoms with Gasteiger partial charge in [-0.05, 0) is 25.5 Å². The number of anilines is 1. The van der Waals surface area contributed by atoms with Crippen molar-refractivity contribution in [1.82, 2.24) is 15.3 Å². The number of carbonyl (C=O) groups excluding carboxylic acids is 1. The van der Waals surface area contributed by atoms with Crippen molar-refractivity contribution in [3.05, 3.63) is 47.3 Å². The second-order valence-corrected chi connectivity index (χ2v) is 5.49. The van der Waals surface area contributed by atoms with Crippen LogP contribution in [0.3, 0.4) is 0 Å². The normalized spacial score (nSPS) is 10.4. The van der Waals surface area contributed by atoms with Gasteiger partial charge in [-0.2, -0.15) is 0 Å². The number of hydrogen-bond donors (Lipinski definition) is 2. The van der Waals surface area contributed by atoms with E-state index in [1.165, 1.54) is 0 Å². The van der Waals surface area contributed by atoms with Crippen molar-refractivity contribution in [2.75, 3.05) is 32.7 Å². The number of methoxy groups -OCH3 is 2. The third-order valence-electron chi connectivity index (χ3n) is 3.53. The van der Waals surface area contributed by atoms with E-state index in [-0.39, 0.29) is 5.91 Å². The molecule has 0 unspecified atom stereocenters. The van der Waals surface area contributed by atoms with Gasteiger partial charge in [0.2, 0.25) is 5.95 Å². The molecule has 2 aromatic rings. The fourth-order valence-corrected chi connectivity index (χ4v) is 2.30. The van der Waals surface area contributed by atoms with E-state index in [1.807, 2.05) is 31.2 Å². The van der Waals surface area contributed by atoms with Crippen LogP contribution in [0.2, 0.25) is 0 Å². The molecule has 1 aromatic heterocycles. The van der Waals surface area contributed by atoms with E-state index in [1.54, 1.807) is 20.3 Å². The molecule has 0 saturated carbocycles. The molecule has 0 bridgehead atoms. The van der Waals surface area contributed by atoms with Crippen LogP contribution < -0.4 is 15.4 Å². The summed E-state index contributed by atoms with van der Waals surface area (Å²) in [5.74, 6) is 0.928. The number of para-hydroxylation sites is 1. The van der Waals surface area contributed by atoms with Gasteiger partial charge in [0.15, 0.2) is 0 Å². The minimum atomic E-state index is -0.253. The van der Waals surface area contributed by atoms with Crippen LogP contribution in [0.15, 0.2) is 30.3 Å². The van der Waals surface area contributed by atoms with Gasteiger partial charge >= 0.3 is 0 Å². The van der Waals surface area contributed by atoms with E-state index in [0.29, 0.717) is 31.3 Å². The Morgan fingerprint density at radius 1 is 1.20 bits per heavy atom. The standard InChI is InChI=1S/C18H24N4O3/c1-13-11-15(22-18(21-13)19-9-6-10-24-2)17(23)20-12-14-7-4-5-8-16(14)25-3/h4-5,7-8,11H,6,9-10,12H2,1-3H3,(H,20,23)(H,19,21,22). The summed E-state index contributed by atoms with van der Waals surface area (Å²) in [5.41, 5.74) is 1.96. The minimum Gasteiger partial charge on any atom is -0.496 e. The van der Waals surface area contributed by atoms with Gasteiger partial charge in [0.05, 0.1) is 7.11 Å². The molecular formula is C18H24N4O3. The lowest BCUT2D eigenvalue weighted by Gasteiger charge is -2.10. The minimum absolute atomic E-state index is 0.253. The third-order valence-corrected chi connectivity index (χ3v) is 3.53. The molecule has 25 heavy (non-hydrogen) atoms. The van der Waals surface area contributed by atoms with E-state index in [0.717, 1.165) is 23.4 Å². The summed E-state index contributed by atoms with van der Waals surface area (Å²) in [4.78, 5) is 21.0. The molecule has 0 radical (unpaired) electrons. The molecule has 2 N–H and O–H groups in total. The van der Waals surface area contributed by atoms with Crippen LogP contribution in [0.5, 0.6) is 5.75 Å². The summed E-state index contributed by atoms with van der Waals surface area (Å²) in [6.45, 7) is 3.53.